The number of hydrogen-bond acceptors (Lipinski definition) is 2. The van der Waals surface area contributed by atoms with E-state index in [1.165, 1.54) is 49.8 Å². The molecule has 3 nitrogen and oxygen atoms in total. The summed E-state index contributed by atoms with van der Waals surface area (Å²) < 4.78 is 2.45. The summed E-state index contributed by atoms with van der Waals surface area (Å²) in [5, 5.41) is 2.54. The minimum atomic E-state index is 0.00739. The van der Waals surface area contributed by atoms with E-state index in [1.54, 1.807) is 5.57 Å². The summed E-state index contributed by atoms with van der Waals surface area (Å²) in [6.45, 7) is 4.81. The third kappa shape index (κ3) is 4.88. The number of hydrogen-bond donors (Lipinski definition) is 0. The molecular weight excluding hydrogens is 631 g/mol. The second kappa shape index (κ2) is 11.9. The summed E-state index contributed by atoms with van der Waals surface area (Å²) >= 11 is 0. The number of benzene rings is 6. The van der Waals surface area contributed by atoms with Gasteiger partial charge in [0.25, 0.3) is 0 Å². The Kier molecular flexibility index (Phi) is 6.97. The first-order valence-corrected chi connectivity index (χ1v) is 18.2. The third-order valence-corrected chi connectivity index (χ3v) is 11.1. The summed E-state index contributed by atoms with van der Waals surface area (Å²) in [4.78, 5) is 10.2. The highest BCUT2D eigenvalue weighted by Gasteiger charge is 2.38. The van der Waals surface area contributed by atoms with E-state index in [0.717, 1.165) is 46.5 Å². The van der Waals surface area contributed by atoms with Crippen molar-refractivity contribution < 1.29 is 0 Å². The molecule has 0 bridgehead atoms. The molecule has 0 fully saturated rings. The number of para-hydroxylation sites is 1. The van der Waals surface area contributed by atoms with E-state index in [1.807, 2.05) is 12.1 Å². The Bertz CT molecular complexity index is 2670. The van der Waals surface area contributed by atoms with Crippen LogP contribution in [0.25, 0.3) is 78.1 Å². The van der Waals surface area contributed by atoms with Gasteiger partial charge < -0.3 is 4.57 Å². The molecule has 2 aromatic heterocycles. The largest absolute Gasteiger partial charge is 0.309 e. The average molecular weight is 668 g/mol. The summed E-state index contributed by atoms with van der Waals surface area (Å²) in [6, 6.07) is 54.2. The van der Waals surface area contributed by atoms with Gasteiger partial charge in [-0.1, -0.05) is 135 Å². The quantitative estimate of drug-likeness (QED) is 0.183. The molecule has 0 N–H and O–H groups in total. The first kappa shape index (κ1) is 30.5. The van der Waals surface area contributed by atoms with Gasteiger partial charge in [0, 0.05) is 38.6 Å². The zero-order chi connectivity index (χ0) is 34.8. The van der Waals surface area contributed by atoms with Crippen LogP contribution in [-0.4, -0.2) is 14.5 Å². The highest BCUT2D eigenvalue weighted by molar-refractivity contribution is 6.12. The van der Waals surface area contributed by atoms with E-state index < -0.39 is 0 Å². The SMILES string of the molecule is CC1(C)C2=C(C=CCC2)c2cc3c4cc(-c5cccc(-c6nc(-c7ccccc7)cc(-c7ccccc7)n6)c5)ccc4n(-c4ccccc4)c3cc21. The molecule has 2 heterocycles. The second-order valence-electron chi connectivity index (χ2n) is 14.6. The van der Waals surface area contributed by atoms with Gasteiger partial charge in [-0.3, -0.25) is 0 Å². The smallest absolute Gasteiger partial charge is 0.160 e. The molecule has 0 saturated carbocycles. The van der Waals surface area contributed by atoms with Gasteiger partial charge in [-0.25, -0.2) is 9.97 Å². The maximum absolute atomic E-state index is 5.12. The maximum Gasteiger partial charge on any atom is 0.160 e. The van der Waals surface area contributed by atoms with Crippen molar-refractivity contribution in [2.24, 2.45) is 0 Å². The number of fused-ring (bicyclic) bond motifs is 5. The molecule has 0 unspecified atom stereocenters. The Hall–Kier alpha value is -6.32. The molecule has 0 atom stereocenters. The van der Waals surface area contributed by atoms with Crippen molar-refractivity contribution in [1.82, 2.24) is 14.5 Å². The number of aromatic nitrogens is 3. The highest BCUT2D eigenvalue weighted by Crippen LogP contribution is 2.52. The van der Waals surface area contributed by atoms with E-state index in [2.05, 4.69) is 170 Å². The van der Waals surface area contributed by atoms with Gasteiger partial charge in [0.05, 0.1) is 22.4 Å². The average Bonchev–Trinajstić information content (AvgIpc) is 3.65. The standard InChI is InChI=1S/C49H37N3/c1-49(2)42-24-13-12-23-38(42)39-29-41-40-28-35(25-26-46(40)52(47(41)30-43(39)49)37-21-10-5-11-22-37)34-19-14-20-36(27-34)48-50-44(32-15-6-3-7-16-32)31-45(51-48)33-17-8-4-9-18-33/h3-12,14-23,25-31H,13,24H2,1-2H3. The minimum absolute atomic E-state index is 0.00739. The van der Waals surface area contributed by atoms with Crippen molar-refractivity contribution in [3.63, 3.8) is 0 Å². The zero-order valence-electron chi connectivity index (χ0n) is 29.3. The van der Waals surface area contributed by atoms with Crippen LogP contribution >= 0.6 is 0 Å². The van der Waals surface area contributed by atoms with Gasteiger partial charge in [-0.2, -0.15) is 0 Å². The lowest BCUT2D eigenvalue weighted by Gasteiger charge is -2.25. The van der Waals surface area contributed by atoms with Gasteiger partial charge in [0.2, 0.25) is 0 Å². The molecule has 8 aromatic rings. The molecule has 248 valence electrons. The lowest BCUT2D eigenvalue weighted by molar-refractivity contribution is 0.608. The second-order valence-corrected chi connectivity index (χ2v) is 14.6. The van der Waals surface area contributed by atoms with Crippen LogP contribution in [0.2, 0.25) is 0 Å². The summed E-state index contributed by atoms with van der Waals surface area (Å²) in [5.41, 5.74) is 16.7. The normalized spacial score (nSPS) is 14.6. The van der Waals surface area contributed by atoms with E-state index in [4.69, 9.17) is 9.97 Å². The van der Waals surface area contributed by atoms with E-state index in [0.29, 0.717) is 5.82 Å². The zero-order valence-corrected chi connectivity index (χ0v) is 29.3. The predicted molar refractivity (Wildman–Crippen MR) is 216 cm³/mol. The number of nitrogens with zero attached hydrogens (tertiary/aromatic N) is 3. The molecule has 3 heteroatoms. The van der Waals surface area contributed by atoms with E-state index in [9.17, 15) is 0 Å². The summed E-state index contributed by atoms with van der Waals surface area (Å²) in [7, 11) is 0. The van der Waals surface area contributed by atoms with Crippen LogP contribution in [0.5, 0.6) is 0 Å². The molecule has 0 amide bonds. The molecule has 2 aliphatic carbocycles. The van der Waals surface area contributed by atoms with Crippen LogP contribution < -0.4 is 0 Å². The van der Waals surface area contributed by atoms with Crippen LogP contribution in [0.4, 0.5) is 0 Å². The monoisotopic (exact) mass is 667 g/mol. The molecular formula is C49H37N3. The van der Waals surface area contributed by atoms with E-state index >= 15 is 0 Å². The van der Waals surface area contributed by atoms with Gasteiger partial charge >= 0.3 is 0 Å². The first-order chi connectivity index (χ1) is 25.5. The summed E-state index contributed by atoms with van der Waals surface area (Å²) in [6.07, 6.45) is 6.95. The molecule has 2 aliphatic rings. The fraction of sp³-hybridized carbons (Fsp3) is 0.102. The van der Waals surface area contributed by atoms with Gasteiger partial charge in [0.15, 0.2) is 5.82 Å². The van der Waals surface area contributed by atoms with Crippen LogP contribution in [0.3, 0.4) is 0 Å². The Morgan fingerprint density at radius 3 is 1.87 bits per heavy atom. The molecule has 52 heavy (non-hydrogen) atoms. The van der Waals surface area contributed by atoms with Crippen LogP contribution in [0.15, 0.2) is 169 Å². The minimum Gasteiger partial charge on any atom is -0.309 e. The fourth-order valence-corrected chi connectivity index (χ4v) is 8.50. The molecule has 0 aliphatic heterocycles. The molecule has 0 radical (unpaired) electrons. The van der Waals surface area contributed by atoms with Crippen molar-refractivity contribution in [2.45, 2.75) is 32.1 Å². The predicted octanol–water partition coefficient (Wildman–Crippen LogP) is 12.6. The van der Waals surface area contributed by atoms with Crippen molar-refractivity contribution in [3.8, 4) is 50.7 Å². The molecule has 10 rings (SSSR count). The van der Waals surface area contributed by atoms with Gasteiger partial charge in [0.1, 0.15) is 0 Å². The highest BCUT2D eigenvalue weighted by atomic mass is 15.0. The van der Waals surface area contributed by atoms with Gasteiger partial charge in [-0.15, -0.1) is 0 Å². The van der Waals surface area contributed by atoms with Crippen molar-refractivity contribution in [3.05, 3.63) is 181 Å². The number of rotatable bonds is 5. The summed E-state index contributed by atoms with van der Waals surface area (Å²) in [5.74, 6) is 0.714. The molecule has 6 aromatic carbocycles. The Labute approximate surface area is 304 Å². The van der Waals surface area contributed by atoms with Crippen molar-refractivity contribution >= 4 is 27.4 Å². The van der Waals surface area contributed by atoms with Crippen LogP contribution in [0.1, 0.15) is 37.8 Å². The van der Waals surface area contributed by atoms with Crippen LogP contribution in [-0.2, 0) is 5.41 Å². The Morgan fingerprint density at radius 2 is 1.15 bits per heavy atom. The van der Waals surface area contributed by atoms with Crippen molar-refractivity contribution in [1.29, 1.82) is 0 Å². The van der Waals surface area contributed by atoms with Crippen LogP contribution in [0, 0.1) is 0 Å². The Balaban J connectivity index is 1.15. The fourth-order valence-electron chi connectivity index (χ4n) is 8.50. The third-order valence-electron chi connectivity index (χ3n) is 11.1. The lowest BCUT2D eigenvalue weighted by atomic mass is 9.78. The lowest BCUT2D eigenvalue weighted by Crippen LogP contribution is -2.17. The Morgan fingerprint density at radius 1 is 0.538 bits per heavy atom. The molecule has 0 spiro atoms. The first-order valence-electron chi connectivity index (χ1n) is 18.2. The maximum atomic E-state index is 5.12. The van der Waals surface area contributed by atoms with E-state index in [-0.39, 0.29) is 5.41 Å². The number of allylic oxidation sites excluding steroid dienone is 4. The topological polar surface area (TPSA) is 30.7 Å². The molecule has 0 saturated heterocycles. The van der Waals surface area contributed by atoms with Gasteiger partial charge in [-0.05, 0) is 89.2 Å². The van der Waals surface area contributed by atoms with Crippen molar-refractivity contribution in [2.75, 3.05) is 0 Å².